The summed E-state index contributed by atoms with van der Waals surface area (Å²) in [6, 6.07) is 14.2. The number of pyridine rings is 2. The van der Waals surface area contributed by atoms with Gasteiger partial charge in [-0.05, 0) is 153 Å². The average Bonchev–Trinajstić information content (AvgIpc) is 4.07. The van der Waals surface area contributed by atoms with Crippen LogP contribution in [0.15, 0.2) is 48.9 Å². The van der Waals surface area contributed by atoms with Crippen molar-refractivity contribution in [3.05, 3.63) is 60.0 Å². The fourth-order valence-corrected chi connectivity index (χ4v) is 13.8. The lowest BCUT2D eigenvalue weighted by molar-refractivity contribution is -0.143. The van der Waals surface area contributed by atoms with Gasteiger partial charge in [0.2, 0.25) is 29.5 Å². The van der Waals surface area contributed by atoms with Crippen LogP contribution in [0.1, 0.15) is 146 Å². The number of aromatic nitrogens is 4. The molecule has 2 N–H and O–H groups in total. The lowest BCUT2D eigenvalue weighted by Crippen LogP contribution is -2.58. The Kier molecular flexibility index (Phi) is 12.8. The zero-order valence-corrected chi connectivity index (χ0v) is 43.1. The summed E-state index contributed by atoms with van der Waals surface area (Å²) in [6.07, 6.45) is 18.3. The first-order valence-electron chi connectivity index (χ1n) is 27.9. The van der Waals surface area contributed by atoms with Gasteiger partial charge in [0.25, 0.3) is 0 Å². The van der Waals surface area contributed by atoms with Crippen molar-refractivity contribution in [3.8, 4) is 11.3 Å². The highest BCUT2D eigenvalue weighted by molar-refractivity contribution is 6.09. The lowest BCUT2D eigenvalue weighted by atomic mass is 9.72. The molecule has 3 saturated carbocycles. The number of nitrogens with zero attached hydrogens (tertiary/aromatic N) is 9. The van der Waals surface area contributed by atoms with E-state index in [1.165, 1.54) is 19.3 Å². The predicted octanol–water partition coefficient (Wildman–Crippen LogP) is 7.33. The number of imidazole rings is 1. The van der Waals surface area contributed by atoms with Crippen LogP contribution in [0, 0.1) is 11.8 Å². The van der Waals surface area contributed by atoms with Crippen LogP contribution in [-0.2, 0) is 29.4 Å². The van der Waals surface area contributed by atoms with Crippen molar-refractivity contribution in [1.82, 2.24) is 39.5 Å². The standard InChI is InChI=1S/C57H73N11O5/c1-35(2)67-34-59-47-32-46(61-52(51(47)67)60-40-13-14-40)38-11-16-45-48(29-38)68(43-30-42(31-43)64-23-5-4-6-24-64)56(73)57(45)21-27-66(28-22-57)55(72)37-9-7-36(8-10-37)54(71)65-25-19-41(20-26-65)63(3)49-17-12-39(33-58-49)44-15-18-50(69)62-53(44)70/h11-12,16-17,29,32-37,40-44H,4-10,13-15,18-28,30-31H2,1-3H3,(H,60,61)(H,62,69,70)/t36?,37?,42?,43?,44-/m1/s1. The molecule has 73 heavy (non-hydrogen) atoms. The Morgan fingerprint density at radius 2 is 1.48 bits per heavy atom. The van der Waals surface area contributed by atoms with E-state index in [1.807, 2.05) is 35.3 Å². The molecule has 3 aromatic heterocycles. The van der Waals surface area contributed by atoms with Crippen LogP contribution in [0.5, 0.6) is 0 Å². The number of carbonyl (C=O) groups is 5. The summed E-state index contributed by atoms with van der Waals surface area (Å²) >= 11 is 0. The van der Waals surface area contributed by atoms with E-state index in [9.17, 15) is 19.2 Å². The molecule has 4 saturated heterocycles. The molecule has 0 unspecified atom stereocenters. The van der Waals surface area contributed by atoms with Gasteiger partial charge in [0.15, 0.2) is 5.82 Å². The summed E-state index contributed by atoms with van der Waals surface area (Å²) in [5.41, 5.74) is 6.07. The molecule has 1 aromatic carbocycles. The maximum atomic E-state index is 15.2. The third-order valence-electron chi connectivity index (χ3n) is 18.5. The summed E-state index contributed by atoms with van der Waals surface area (Å²) in [7, 11) is 2.04. The van der Waals surface area contributed by atoms with Gasteiger partial charge in [0.05, 0.1) is 28.9 Å². The number of nitrogens with one attached hydrogen (secondary N) is 2. The molecule has 4 aromatic rings. The van der Waals surface area contributed by atoms with Crippen molar-refractivity contribution in [2.24, 2.45) is 11.8 Å². The largest absolute Gasteiger partial charge is 0.366 e. The average molecular weight is 992 g/mol. The number of amides is 5. The van der Waals surface area contributed by atoms with Crippen molar-refractivity contribution in [3.63, 3.8) is 0 Å². The molecule has 386 valence electrons. The van der Waals surface area contributed by atoms with Crippen LogP contribution in [0.3, 0.4) is 0 Å². The van der Waals surface area contributed by atoms with Crippen LogP contribution in [0.2, 0.25) is 0 Å². The second kappa shape index (κ2) is 19.4. The van der Waals surface area contributed by atoms with Crippen molar-refractivity contribution in [1.29, 1.82) is 0 Å². The molecular formula is C57H73N11O5. The number of likely N-dealkylation sites (tertiary alicyclic amines) is 3. The van der Waals surface area contributed by atoms with Gasteiger partial charge in [-0.2, -0.15) is 0 Å². The number of anilines is 3. The quantitative estimate of drug-likeness (QED) is 0.144. The normalized spacial score (nSPS) is 26.8. The van der Waals surface area contributed by atoms with E-state index in [0.29, 0.717) is 76.8 Å². The zero-order valence-electron chi connectivity index (χ0n) is 43.1. The van der Waals surface area contributed by atoms with Crippen LogP contribution in [-0.4, -0.2) is 134 Å². The molecule has 1 atom stereocenters. The van der Waals surface area contributed by atoms with Crippen molar-refractivity contribution < 1.29 is 24.0 Å². The smallest absolute Gasteiger partial charge is 0.238 e. The van der Waals surface area contributed by atoms with E-state index < -0.39 is 5.41 Å². The van der Waals surface area contributed by atoms with Crippen molar-refractivity contribution in [2.45, 2.75) is 165 Å². The van der Waals surface area contributed by atoms with E-state index in [1.54, 1.807) is 6.20 Å². The number of rotatable bonds is 11. The molecule has 16 nitrogen and oxygen atoms in total. The minimum atomic E-state index is -0.668. The van der Waals surface area contributed by atoms with Crippen molar-refractivity contribution >= 4 is 57.9 Å². The number of carbonyl (C=O) groups excluding carboxylic acids is 5. The molecule has 5 aliphatic heterocycles. The highest BCUT2D eigenvalue weighted by Gasteiger charge is 2.56. The van der Waals surface area contributed by atoms with Crippen LogP contribution < -0.4 is 20.4 Å². The highest BCUT2D eigenvalue weighted by Crippen LogP contribution is 2.52. The zero-order chi connectivity index (χ0) is 50.1. The van der Waals surface area contributed by atoms with Crippen LogP contribution >= 0.6 is 0 Å². The van der Waals surface area contributed by atoms with E-state index in [4.69, 9.17) is 9.97 Å². The molecule has 1 spiro atoms. The first kappa shape index (κ1) is 48.1. The number of benzene rings is 1. The van der Waals surface area contributed by atoms with E-state index in [-0.39, 0.29) is 65.4 Å². The SMILES string of the molecule is CC(C)n1cnc2cc(-c3ccc4c(c3)N(C3CC(N5CCCCC5)C3)C(=O)C43CCN(C(=O)C4CCC(C(=O)N5CCC(N(C)c6ccc([C@H]7CCC(=O)NC7=O)cn6)CC5)CC4)CC3)nc(NC3CC3)c21. The molecule has 5 amide bonds. The Labute approximate surface area is 429 Å². The van der Waals surface area contributed by atoms with E-state index in [0.717, 1.165) is 115 Å². The number of fused-ring (bicyclic) bond motifs is 3. The van der Waals surface area contributed by atoms with E-state index in [2.05, 4.69) is 73.0 Å². The first-order valence-corrected chi connectivity index (χ1v) is 27.9. The summed E-state index contributed by atoms with van der Waals surface area (Å²) in [6.45, 7) is 9.13. The van der Waals surface area contributed by atoms with Crippen LogP contribution in [0.4, 0.5) is 17.3 Å². The molecule has 7 fully saturated rings. The van der Waals surface area contributed by atoms with Crippen LogP contribution in [0.25, 0.3) is 22.3 Å². The lowest BCUT2D eigenvalue weighted by Gasteiger charge is -2.48. The van der Waals surface area contributed by atoms with E-state index >= 15 is 4.79 Å². The molecule has 8 aliphatic rings. The fraction of sp³-hybridized carbons (Fsp3) is 0.614. The second-order valence-corrected chi connectivity index (χ2v) is 23.2. The second-order valence-electron chi connectivity index (χ2n) is 23.2. The molecular weight excluding hydrogens is 919 g/mol. The summed E-state index contributed by atoms with van der Waals surface area (Å²) in [4.78, 5) is 93.4. The van der Waals surface area contributed by atoms with Gasteiger partial charge in [0.1, 0.15) is 11.3 Å². The Morgan fingerprint density at radius 1 is 0.781 bits per heavy atom. The number of hydrogen-bond donors (Lipinski definition) is 2. The minimum absolute atomic E-state index is 0.0653. The van der Waals surface area contributed by atoms with Gasteiger partial charge in [-0.15, -0.1) is 0 Å². The Morgan fingerprint density at radius 3 is 2.12 bits per heavy atom. The fourth-order valence-electron chi connectivity index (χ4n) is 13.8. The van der Waals surface area contributed by atoms with Gasteiger partial charge < -0.3 is 34.4 Å². The van der Waals surface area contributed by atoms with Gasteiger partial charge in [-0.3, -0.25) is 29.3 Å². The summed E-state index contributed by atoms with van der Waals surface area (Å²) in [5.74, 6) is 1.29. The third kappa shape index (κ3) is 8.96. The predicted molar refractivity (Wildman–Crippen MR) is 280 cm³/mol. The molecule has 0 bridgehead atoms. The monoisotopic (exact) mass is 992 g/mol. The van der Waals surface area contributed by atoms with Gasteiger partial charge in [-0.25, -0.2) is 15.0 Å². The number of hydrogen-bond acceptors (Lipinski definition) is 11. The first-order chi connectivity index (χ1) is 35.4. The van der Waals surface area contributed by atoms with Crippen molar-refractivity contribution in [2.75, 3.05) is 61.4 Å². The summed E-state index contributed by atoms with van der Waals surface area (Å²) < 4.78 is 2.20. The maximum Gasteiger partial charge on any atom is 0.238 e. The third-order valence-corrected chi connectivity index (χ3v) is 18.5. The summed E-state index contributed by atoms with van der Waals surface area (Å²) in [5, 5.41) is 6.14. The van der Waals surface area contributed by atoms with Gasteiger partial charge >= 0.3 is 0 Å². The molecule has 3 aliphatic carbocycles. The number of imide groups is 1. The number of piperidine rings is 4. The molecule has 12 rings (SSSR count). The Bertz CT molecular complexity index is 2770. The van der Waals surface area contributed by atoms with Gasteiger partial charge in [0, 0.05) is 99.1 Å². The molecule has 8 heterocycles. The topological polar surface area (TPSA) is 169 Å². The highest BCUT2D eigenvalue weighted by atomic mass is 16.2. The Balaban J connectivity index is 0.684. The maximum absolute atomic E-state index is 15.2. The molecule has 16 heteroatoms. The minimum Gasteiger partial charge on any atom is -0.366 e. The molecule has 0 radical (unpaired) electrons. The Hall–Kier alpha value is -5.90. The van der Waals surface area contributed by atoms with Gasteiger partial charge in [-0.1, -0.05) is 24.6 Å².